The third kappa shape index (κ3) is 7.37. The smallest absolute Gasteiger partial charge is 0.322 e. The van der Waals surface area contributed by atoms with Crippen molar-refractivity contribution < 1.29 is 9.53 Å². The summed E-state index contributed by atoms with van der Waals surface area (Å²) in [5.74, 6) is -0.185. The summed E-state index contributed by atoms with van der Waals surface area (Å²) in [6.07, 6.45) is 6.21. The standard InChI is InChI=1S/C12H25NO2/c1-5-6-7-8-9-10(2)13-11(3)12(14)15-4/h10-11,13H,5-9H2,1-4H3. The first kappa shape index (κ1) is 14.4. The highest BCUT2D eigenvalue weighted by Gasteiger charge is 2.14. The fourth-order valence-corrected chi connectivity index (χ4v) is 1.63. The first-order chi connectivity index (χ1) is 7.11. The molecule has 0 aromatic carbocycles. The molecule has 0 rings (SSSR count). The van der Waals surface area contributed by atoms with Crippen LogP contribution < -0.4 is 5.32 Å². The maximum absolute atomic E-state index is 11.1. The third-order valence-corrected chi connectivity index (χ3v) is 2.58. The van der Waals surface area contributed by atoms with Gasteiger partial charge in [0.25, 0.3) is 0 Å². The zero-order valence-electron chi connectivity index (χ0n) is 10.5. The number of carbonyl (C=O) groups excluding carboxylic acids is 1. The number of esters is 1. The summed E-state index contributed by atoms with van der Waals surface area (Å²) in [5, 5.41) is 3.23. The number of unbranched alkanes of at least 4 members (excludes halogenated alkanes) is 3. The van der Waals surface area contributed by atoms with Crippen LogP contribution in [0.15, 0.2) is 0 Å². The van der Waals surface area contributed by atoms with E-state index in [4.69, 9.17) is 0 Å². The van der Waals surface area contributed by atoms with E-state index in [-0.39, 0.29) is 12.0 Å². The molecular weight excluding hydrogens is 190 g/mol. The maximum atomic E-state index is 11.1. The van der Waals surface area contributed by atoms with Gasteiger partial charge in [-0.2, -0.15) is 0 Å². The summed E-state index contributed by atoms with van der Waals surface area (Å²) in [6.45, 7) is 6.17. The van der Waals surface area contributed by atoms with Crippen LogP contribution in [0.1, 0.15) is 52.9 Å². The summed E-state index contributed by atoms with van der Waals surface area (Å²) >= 11 is 0. The molecule has 3 heteroatoms. The van der Waals surface area contributed by atoms with E-state index < -0.39 is 0 Å². The molecule has 1 N–H and O–H groups in total. The highest BCUT2D eigenvalue weighted by molar-refractivity contribution is 5.75. The van der Waals surface area contributed by atoms with E-state index in [9.17, 15) is 4.79 Å². The Morgan fingerprint density at radius 1 is 1.27 bits per heavy atom. The molecule has 0 saturated heterocycles. The Kier molecular flexibility index (Phi) is 8.38. The molecule has 0 saturated carbocycles. The van der Waals surface area contributed by atoms with Crippen LogP contribution in [-0.4, -0.2) is 25.2 Å². The number of carbonyl (C=O) groups is 1. The lowest BCUT2D eigenvalue weighted by molar-refractivity contribution is -0.142. The number of rotatable bonds is 8. The number of nitrogens with one attached hydrogen (secondary N) is 1. The van der Waals surface area contributed by atoms with Crippen molar-refractivity contribution in [3.63, 3.8) is 0 Å². The van der Waals surface area contributed by atoms with Gasteiger partial charge >= 0.3 is 5.97 Å². The van der Waals surface area contributed by atoms with Crippen LogP contribution >= 0.6 is 0 Å². The molecule has 0 aliphatic carbocycles. The van der Waals surface area contributed by atoms with Crippen molar-refractivity contribution in [2.45, 2.75) is 65.0 Å². The normalized spacial score (nSPS) is 14.7. The Labute approximate surface area is 93.6 Å². The minimum absolute atomic E-state index is 0.185. The largest absolute Gasteiger partial charge is 0.468 e. The van der Waals surface area contributed by atoms with Crippen molar-refractivity contribution in [1.82, 2.24) is 5.32 Å². The third-order valence-electron chi connectivity index (χ3n) is 2.58. The summed E-state index contributed by atoms with van der Waals surface area (Å²) < 4.78 is 4.65. The minimum Gasteiger partial charge on any atom is -0.468 e. The topological polar surface area (TPSA) is 38.3 Å². The molecular formula is C12H25NO2. The molecule has 0 radical (unpaired) electrons. The molecule has 3 nitrogen and oxygen atoms in total. The number of hydrogen-bond donors (Lipinski definition) is 1. The monoisotopic (exact) mass is 215 g/mol. The van der Waals surface area contributed by atoms with E-state index in [1.165, 1.54) is 32.8 Å². The predicted molar refractivity (Wildman–Crippen MR) is 62.8 cm³/mol. The van der Waals surface area contributed by atoms with Crippen molar-refractivity contribution in [3.05, 3.63) is 0 Å². The SMILES string of the molecule is CCCCCCC(C)NC(C)C(=O)OC. The van der Waals surface area contributed by atoms with Gasteiger partial charge in [0, 0.05) is 6.04 Å². The number of methoxy groups -OCH3 is 1. The van der Waals surface area contributed by atoms with Gasteiger partial charge in [-0.15, -0.1) is 0 Å². The second-order valence-electron chi connectivity index (χ2n) is 4.16. The Hall–Kier alpha value is -0.570. The Morgan fingerprint density at radius 2 is 1.93 bits per heavy atom. The average molecular weight is 215 g/mol. The zero-order chi connectivity index (χ0) is 11.7. The van der Waals surface area contributed by atoms with Gasteiger partial charge in [0.2, 0.25) is 0 Å². The van der Waals surface area contributed by atoms with Crippen LogP contribution in [0.25, 0.3) is 0 Å². The van der Waals surface area contributed by atoms with E-state index in [0.717, 1.165) is 6.42 Å². The Balaban J connectivity index is 3.55. The average Bonchev–Trinajstić information content (AvgIpc) is 2.23. The fourth-order valence-electron chi connectivity index (χ4n) is 1.63. The first-order valence-corrected chi connectivity index (χ1v) is 5.95. The first-order valence-electron chi connectivity index (χ1n) is 5.95. The highest BCUT2D eigenvalue weighted by Crippen LogP contribution is 2.05. The van der Waals surface area contributed by atoms with Crippen molar-refractivity contribution in [1.29, 1.82) is 0 Å². The van der Waals surface area contributed by atoms with Gasteiger partial charge in [0.05, 0.1) is 7.11 Å². The molecule has 0 aliphatic heterocycles. The highest BCUT2D eigenvalue weighted by atomic mass is 16.5. The lowest BCUT2D eigenvalue weighted by Gasteiger charge is -2.18. The van der Waals surface area contributed by atoms with Crippen LogP contribution in [0.5, 0.6) is 0 Å². The molecule has 0 fully saturated rings. The molecule has 0 aliphatic rings. The van der Waals surface area contributed by atoms with Gasteiger partial charge in [-0.3, -0.25) is 4.79 Å². The van der Waals surface area contributed by atoms with Crippen LogP contribution in [0.2, 0.25) is 0 Å². The van der Waals surface area contributed by atoms with Gasteiger partial charge in [-0.25, -0.2) is 0 Å². The fraction of sp³-hybridized carbons (Fsp3) is 0.917. The second-order valence-corrected chi connectivity index (χ2v) is 4.16. The van der Waals surface area contributed by atoms with Crippen molar-refractivity contribution >= 4 is 5.97 Å². The summed E-state index contributed by atoms with van der Waals surface area (Å²) in [4.78, 5) is 11.1. The van der Waals surface area contributed by atoms with E-state index >= 15 is 0 Å². The van der Waals surface area contributed by atoms with Gasteiger partial charge in [-0.1, -0.05) is 32.6 Å². The molecule has 0 heterocycles. The van der Waals surface area contributed by atoms with E-state index in [2.05, 4.69) is 23.9 Å². The number of hydrogen-bond acceptors (Lipinski definition) is 3. The zero-order valence-corrected chi connectivity index (χ0v) is 10.5. The number of ether oxygens (including phenoxy) is 1. The summed E-state index contributed by atoms with van der Waals surface area (Å²) in [6, 6.07) is 0.187. The van der Waals surface area contributed by atoms with Gasteiger partial charge in [0.1, 0.15) is 6.04 Å². The van der Waals surface area contributed by atoms with Crippen molar-refractivity contribution in [2.24, 2.45) is 0 Å². The lowest BCUT2D eigenvalue weighted by Crippen LogP contribution is -2.40. The maximum Gasteiger partial charge on any atom is 0.322 e. The summed E-state index contributed by atoms with van der Waals surface area (Å²) in [7, 11) is 1.42. The van der Waals surface area contributed by atoms with Gasteiger partial charge in [-0.05, 0) is 20.3 Å². The summed E-state index contributed by atoms with van der Waals surface area (Å²) in [5.41, 5.74) is 0. The lowest BCUT2D eigenvalue weighted by atomic mass is 10.1. The van der Waals surface area contributed by atoms with Crippen molar-refractivity contribution in [2.75, 3.05) is 7.11 Å². The van der Waals surface area contributed by atoms with E-state index in [0.29, 0.717) is 6.04 Å². The van der Waals surface area contributed by atoms with Gasteiger partial charge in [0.15, 0.2) is 0 Å². The molecule has 0 amide bonds. The van der Waals surface area contributed by atoms with Crippen LogP contribution in [0, 0.1) is 0 Å². The quantitative estimate of drug-likeness (QED) is 0.499. The molecule has 0 bridgehead atoms. The molecule has 2 atom stereocenters. The van der Waals surface area contributed by atoms with Crippen LogP contribution in [0.4, 0.5) is 0 Å². The Bertz CT molecular complexity index is 171. The van der Waals surface area contributed by atoms with Crippen molar-refractivity contribution in [3.8, 4) is 0 Å². The van der Waals surface area contributed by atoms with E-state index in [1.54, 1.807) is 0 Å². The molecule has 15 heavy (non-hydrogen) atoms. The molecule has 0 aromatic heterocycles. The molecule has 90 valence electrons. The molecule has 0 aromatic rings. The molecule has 0 spiro atoms. The van der Waals surface area contributed by atoms with Crippen LogP contribution in [0.3, 0.4) is 0 Å². The van der Waals surface area contributed by atoms with Crippen LogP contribution in [-0.2, 0) is 9.53 Å². The van der Waals surface area contributed by atoms with E-state index in [1.807, 2.05) is 6.92 Å². The van der Waals surface area contributed by atoms with Gasteiger partial charge < -0.3 is 10.1 Å². The minimum atomic E-state index is -0.198. The predicted octanol–water partition coefficient (Wildman–Crippen LogP) is 2.50. The molecule has 2 unspecified atom stereocenters. The Morgan fingerprint density at radius 3 is 2.47 bits per heavy atom. The second kappa shape index (κ2) is 8.72.